The van der Waals surface area contributed by atoms with Crippen LogP contribution < -0.4 is 0 Å². The molecule has 0 bridgehead atoms. The molecule has 28 heavy (non-hydrogen) atoms. The molecule has 0 aliphatic carbocycles. The number of rotatable bonds is 6. The van der Waals surface area contributed by atoms with Crippen LogP contribution >= 0.6 is 11.8 Å². The topological polar surface area (TPSA) is 84.1 Å². The number of hydrogen-bond acceptors (Lipinski definition) is 6. The SMILES string of the molecule is Cc1c(CCSC2=C(C(=O)O[C@H](C)O)N3C(=O)C[C@H]3[C@H]2C)nc2ccccn12. The maximum absolute atomic E-state index is 12.5. The number of aromatic nitrogens is 2. The van der Waals surface area contributed by atoms with E-state index < -0.39 is 12.3 Å². The molecule has 1 amide bonds. The van der Waals surface area contributed by atoms with Crippen molar-refractivity contribution in [2.75, 3.05) is 5.75 Å². The zero-order chi connectivity index (χ0) is 20.0. The lowest BCUT2D eigenvalue weighted by molar-refractivity contribution is -0.165. The number of nitrogens with zero attached hydrogens (tertiary/aromatic N) is 3. The van der Waals surface area contributed by atoms with E-state index in [-0.39, 0.29) is 17.9 Å². The Morgan fingerprint density at radius 3 is 2.93 bits per heavy atom. The van der Waals surface area contributed by atoms with E-state index in [1.54, 1.807) is 11.8 Å². The molecule has 1 N–H and O–H groups in total. The van der Waals surface area contributed by atoms with Crippen molar-refractivity contribution in [3.8, 4) is 0 Å². The normalized spacial score (nSPS) is 22.4. The zero-order valence-electron chi connectivity index (χ0n) is 16.1. The summed E-state index contributed by atoms with van der Waals surface area (Å²) in [5.41, 5.74) is 3.35. The quantitative estimate of drug-likeness (QED) is 0.454. The largest absolute Gasteiger partial charge is 0.432 e. The zero-order valence-corrected chi connectivity index (χ0v) is 16.9. The fourth-order valence-corrected chi connectivity index (χ4v) is 5.17. The summed E-state index contributed by atoms with van der Waals surface area (Å²) in [4.78, 5) is 31.6. The van der Waals surface area contributed by atoms with Crippen LogP contribution in [0.5, 0.6) is 0 Å². The third kappa shape index (κ3) is 3.10. The minimum Gasteiger partial charge on any atom is -0.432 e. The molecule has 2 aromatic rings. The van der Waals surface area contributed by atoms with Crippen LogP contribution in [0.3, 0.4) is 0 Å². The molecule has 4 rings (SSSR count). The maximum Gasteiger partial charge on any atom is 0.358 e. The number of amides is 1. The van der Waals surface area contributed by atoms with Crippen molar-refractivity contribution in [1.29, 1.82) is 0 Å². The Labute approximate surface area is 167 Å². The molecule has 0 spiro atoms. The number of imidazole rings is 1. The van der Waals surface area contributed by atoms with Gasteiger partial charge in [0.1, 0.15) is 11.3 Å². The third-order valence-electron chi connectivity index (χ3n) is 5.38. The molecule has 2 aliphatic rings. The summed E-state index contributed by atoms with van der Waals surface area (Å²) in [7, 11) is 0. The Hall–Kier alpha value is -2.32. The number of hydrogen-bond donors (Lipinski definition) is 1. The van der Waals surface area contributed by atoms with Gasteiger partial charge in [0.05, 0.1) is 11.7 Å². The Morgan fingerprint density at radius 2 is 2.25 bits per heavy atom. The van der Waals surface area contributed by atoms with Crippen molar-refractivity contribution in [3.05, 3.63) is 46.4 Å². The van der Waals surface area contributed by atoms with Gasteiger partial charge in [-0.2, -0.15) is 0 Å². The summed E-state index contributed by atoms with van der Waals surface area (Å²) in [5, 5.41) is 9.41. The number of aliphatic hydroxyl groups excluding tert-OH is 1. The summed E-state index contributed by atoms with van der Waals surface area (Å²) in [6.45, 7) is 5.46. The third-order valence-corrected chi connectivity index (χ3v) is 6.67. The van der Waals surface area contributed by atoms with Crippen LogP contribution in [-0.4, -0.2) is 49.4 Å². The standard InChI is InChI=1S/C20H23N3O4S/c1-11-15-10-17(25)23(15)18(20(26)27-13(3)24)19(11)28-9-7-14-12(2)22-8-5-4-6-16(22)21-14/h4-6,8,11,13,15,24H,7,9-10H2,1-3H3/t11-,13-,15+/m1/s1. The molecule has 3 atom stereocenters. The summed E-state index contributed by atoms with van der Waals surface area (Å²) in [6, 6.07) is 5.94. The van der Waals surface area contributed by atoms with E-state index in [0.29, 0.717) is 12.1 Å². The van der Waals surface area contributed by atoms with Crippen molar-refractivity contribution < 1.29 is 19.4 Å². The second-order valence-corrected chi connectivity index (χ2v) is 8.35. The second-order valence-electron chi connectivity index (χ2n) is 7.21. The molecular weight excluding hydrogens is 378 g/mol. The van der Waals surface area contributed by atoms with Gasteiger partial charge in [0, 0.05) is 41.3 Å². The van der Waals surface area contributed by atoms with Gasteiger partial charge in [-0.05, 0) is 26.0 Å². The number of aryl methyl sites for hydroxylation is 2. The number of β-lactam (4-membered cyclic amide) rings is 1. The van der Waals surface area contributed by atoms with Crippen LogP contribution in [0.25, 0.3) is 5.65 Å². The van der Waals surface area contributed by atoms with Crippen molar-refractivity contribution in [2.24, 2.45) is 5.92 Å². The summed E-state index contributed by atoms with van der Waals surface area (Å²) in [6.07, 6.45) is 1.99. The maximum atomic E-state index is 12.5. The van der Waals surface area contributed by atoms with Gasteiger partial charge in [0.2, 0.25) is 5.91 Å². The van der Waals surface area contributed by atoms with E-state index in [1.807, 2.05) is 38.2 Å². The molecule has 2 aromatic heterocycles. The first-order valence-electron chi connectivity index (χ1n) is 9.39. The van der Waals surface area contributed by atoms with Crippen LogP contribution in [-0.2, 0) is 20.7 Å². The summed E-state index contributed by atoms with van der Waals surface area (Å²) < 4.78 is 7.04. The second kappa shape index (κ2) is 7.25. The highest BCUT2D eigenvalue weighted by Crippen LogP contribution is 2.47. The lowest BCUT2D eigenvalue weighted by Crippen LogP contribution is -2.52. The highest BCUT2D eigenvalue weighted by atomic mass is 32.2. The van der Waals surface area contributed by atoms with Gasteiger partial charge < -0.3 is 19.1 Å². The van der Waals surface area contributed by atoms with E-state index >= 15 is 0 Å². The van der Waals surface area contributed by atoms with Crippen LogP contribution in [0.4, 0.5) is 0 Å². The van der Waals surface area contributed by atoms with Crippen molar-refractivity contribution >= 4 is 29.3 Å². The van der Waals surface area contributed by atoms with E-state index in [9.17, 15) is 14.7 Å². The van der Waals surface area contributed by atoms with E-state index in [4.69, 9.17) is 4.74 Å². The molecule has 2 aliphatic heterocycles. The van der Waals surface area contributed by atoms with Crippen LogP contribution in [0, 0.1) is 12.8 Å². The minimum absolute atomic E-state index is 0.0171. The van der Waals surface area contributed by atoms with Gasteiger partial charge >= 0.3 is 5.97 Å². The van der Waals surface area contributed by atoms with E-state index in [0.717, 1.165) is 34.1 Å². The van der Waals surface area contributed by atoms with E-state index in [2.05, 4.69) is 9.38 Å². The summed E-state index contributed by atoms with van der Waals surface area (Å²) >= 11 is 1.57. The van der Waals surface area contributed by atoms with Crippen molar-refractivity contribution in [2.45, 2.75) is 45.9 Å². The Bertz CT molecular complexity index is 981. The molecule has 148 valence electrons. The molecule has 0 aromatic carbocycles. The number of aliphatic hydroxyl groups is 1. The fraction of sp³-hybridized carbons (Fsp3) is 0.450. The van der Waals surface area contributed by atoms with Gasteiger partial charge in [-0.15, -0.1) is 11.8 Å². The van der Waals surface area contributed by atoms with E-state index in [1.165, 1.54) is 11.8 Å². The van der Waals surface area contributed by atoms with Gasteiger partial charge in [-0.3, -0.25) is 4.79 Å². The Morgan fingerprint density at radius 1 is 1.46 bits per heavy atom. The molecule has 0 unspecified atom stereocenters. The first-order valence-corrected chi connectivity index (χ1v) is 10.4. The average Bonchev–Trinajstić information content (AvgIpc) is 3.07. The Balaban J connectivity index is 1.53. The Kier molecular flexibility index (Phi) is 4.93. The first kappa shape index (κ1) is 19.0. The lowest BCUT2D eigenvalue weighted by atomic mass is 9.94. The van der Waals surface area contributed by atoms with Crippen LogP contribution in [0.2, 0.25) is 0 Å². The first-order chi connectivity index (χ1) is 13.4. The number of esters is 1. The molecule has 0 radical (unpaired) electrons. The van der Waals surface area contributed by atoms with Crippen LogP contribution in [0.1, 0.15) is 31.7 Å². The van der Waals surface area contributed by atoms with Gasteiger partial charge in [0.15, 0.2) is 6.29 Å². The molecule has 1 saturated heterocycles. The smallest absolute Gasteiger partial charge is 0.358 e. The van der Waals surface area contributed by atoms with Gasteiger partial charge in [-0.1, -0.05) is 13.0 Å². The van der Waals surface area contributed by atoms with Gasteiger partial charge in [-0.25, -0.2) is 9.78 Å². The monoisotopic (exact) mass is 401 g/mol. The number of fused-ring (bicyclic) bond motifs is 2. The highest BCUT2D eigenvalue weighted by Gasteiger charge is 2.52. The van der Waals surface area contributed by atoms with Crippen LogP contribution in [0.15, 0.2) is 35.0 Å². The number of ether oxygens (including phenoxy) is 1. The molecule has 0 saturated carbocycles. The number of carbonyl (C=O) groups excluding carboxylic acids is 2. The fourth-order valence-electron chi connectivity index (χ4n) is 3.91. The van der Waals surface area contributed by atoms with Gasteiger partial charge in [0.25, 0.3) is 0 Å². The molecule has 4 heterocycles. The molecule has 1 fully saturated rings. The average molecular weight is 401 g/mol. The molecular formula is C20H23N3O4S. The lowest BCUT2D eigenvalue weighted by Gasteiger charge is -2.37. The number of thioether (sulfide) groups is 1. The summed E-state index contributed by atoms with van der Waals surface area (Å²) in [5.74, 6) is 0.122. The number of pyridine rings is 1. The molecule has 7 nitrogen and oxygen atoms in total. The molecule has 8 heteroatoms. The number of carbonyl (C=O) groups is 2. The predicted molar refractivity (Wildman–Crippen MR) is 105 cm³/mol. The minimum atomic E-state index is -1.21. The van der Waals surface area contributed by atoms with Crippen molar-refractivity contribution in [3.63, 3.8) is 0 Å². The predicted octanol–water partition coefficient (Wildman–Crippen LogP) is 2.26. The highest BCUT2D eigenvalue weighted by molar-refractivity contribution is 8.03. The van der Waals surface area contributed by atoms with Crippen molar-refractivity contribution in [1.82, 2.24) is 14.3 Å².